The van der Waals surface area contributed by atoms with Gasteiger partial charge in [-0.15, -0.1) is 0 Å². The van der Waals surface area contributed by atoms with Crippen molar-refractivity contribution in [2.24, 2.45) is 0 Å². The number of pyridine rings is 1. The molecule has 1 aliphatic rings. The molecule has 6 nitrogen and oxygen atoms in total. The molecular formula is C21H22N4O2. The highest BCUT2D eigenvalue weighted by molar-refractivity contribution is 5.94. The number of nitrogens with zero attached hydrogens (tertiary/aromatic N) is 3. The molecule has 1 aliphatic heterocycles. The van der Waals surface area contributed by atoms with Crippen molar-refractivity contribution in [2.75, 3.05) is 5.32 Å². The first-order valence-corrected chi connectivity index (χ1v) is 9.23. The van der Waals surface area contributed by atoms with E-state index < -0.39 is 0 Å². The van der Waals surface area contributed by atoms with Crippen molar-refractivity contribution in [3.8, 4) is 5.75 Å². The number of carbonyl (C=O) groups excluding carboxylic acids is 1. The second-order valence-corrected chi connectivity index (χ2v) is 6.66. The average Bonchev–Trinajstić information content (AvgIpc) is 3.10. The van der Waals surface area contributed by atoms with Gasteiger partial charge in [-0.1, -0.05) is 25.1 Å². The molecule has 1 amide bonds. The topological polar surface area (TPSA) is 69.0 Å². The van der Waals surface area contributed by atoms with Gasteiger partial charge >= 0.3 is 0 Å². The molecule has 0 aliphatic carbocycles. The van der Waals surface area contributed by atoms with Gasteiger partial charge in [-0.2, -0.15) is 5.10 Å². The van der Waals surface area contributed by atoms with E-state index >= 15 is 0 Å². The maximum atomic E-state index is 12.3. The maximum Gasteiger partial charge on any atom is 0.226 e. The monoisotopic (exact) mass is 362 g/mol. The lowest BCUT2D eigenvalue weighted by atomic mass is 9.87. The highest BCUT2D eigenvalue weighted by Crippen LogP contribution is 2.38. The molecule has 27 heavy (non-hydrogen) atoms. The Morgan fingerprint density at radius 1 is 1.26 bits per heavy atom. The molecule has 1 N–H and O–H groups in total. The number of hydrogen-bond donors (Lipinski definition) is 1. The smallest absolute Gasteiger partial charge is 0.226 e. The first-order valence-electron chi connectivity index (χ1n) is 9.23. The molecule has 0 saturated heterocycles. The summed E-state index contributed by atoms with van der Waals surface area (Å²) >= 11 is 0. The number of carbonyl (C=O) groups is 1. The summed E-state index contributed by atoms with van der Waals surface area (Å²) in [4.78, 5) is 16.5. The van der Waals surface area contributed by atoms with Gasteiger partial charge in [-0.3, -0.25) is 9.78 Å². The lowest BCUT2D eigenvalue weighted by Gasteiger charge is -2.24. The summed E-state index contributed by atoms with van der Waals surface area (Å²) in [5.41, 5.74) is 2.99. The van der Waals surface area contributed by atoms with Gasteiger partial charge < -0.3 is 10.1 Å². The Morgan fingerprint density at radius 3 is 3.00 bits per heavy atom. The van der Waals surface area contributed by atoms with Crippen LogP contribution in [0.25, 0.3) is 0 Å². The number of nitrogens with one attached hydrogen (secondary N) is 1. The lowest BCUT2D eigenvalue weighted by Crippen LogP contribution is -2.24. The number of fused-ring (bicyclic) bond motifs is 1. The van der Waals surface area contributed by atoms with Crippen molar-refractivity contribution in [1.29, 1.82) is 0 Å². The van der Waals surface area contributed by atoms with Crippen LogP contribution in [0.4, 0.5) is 5.82 Å². The summed E-state index contributed by atoms with van der Waals surface area (Å²) < 4.78 is 7.77. The van der Waals surface area contributed by atoms with Crippen molar-refractivity contribution in [1.82, 2.24) is 14.8 Å². The van der Waals surface area contributed by atoms with Gasteiger partial charge in [0.15, 0.2) is 0 Å². The Labute approximate surface area is 158 Å². The molecule has 3 aromatic rings. The molecule has 6 heteroatoms. The van der Waals surface area contributed by atoms with E-state index in [4.69, 9.17) is 4.74 Å². The van der Waals surface area contributed by atoms with Crippen molar-refractivity contribution in [3.63, 3.8) is 0 Å². The number of ether oxygens (including phenoxy) is 1. The molecule has 138 valence electrons. The molecule has 0 fully saturated rings. The molecule has 3 heterocycles. The van der Waals surface area contributed by atoms with E-state index in [1.807, 2.05) is 53.3 Å². The number of aromatic nitrogens is 3. The predicted molar refractivity (Wildman–Crippen MR) is 103 cm³/mol. The minimum absolute atomic E-state index is 0.0160. The zero-order valence-electron chi connectivity index (χ0n) is 15.3. The number of aryl methyl sites for hydroxylation is 1. The van der Waals surface area contributed by atoms with Gasteiger partial charge in [-0.25, -0.2) is 4.68 Å². The Bertz CT molecular complexity index is 936. The molecule has 1 atom stereocenters. The van der Waals surface area contributed by atoms with E-state index in [9.17, 15) is 4.79 Å². The van der Waals surface area contributed by atoms with E-state index in [0.29, 0.717) is 13.0 Å². The average molecular weight is 362 g/mol. The minimum atomic E-state index is -0.0160. The fraction of sp³-hybridized carbons (Fsp3) is 0.286. The molecule has 0 spiro atoms. The fourth-order valence-electron chi connectivity index (χ4n) is 3.41. The zero-order valence-corrected chi connectivity index (χ0v) is 15.3. The first kappa shape index (κ1) is 17.3. The second-order valence-electron chi connectivity index (χ2n) is 6.66. The van der Waals surface area contributed by atoms with Gasteiger partial charge in [0.1, 0.15) is 18.2 Å². The Balaban J connectivity index is 1.58. The van der Waals surface area contributed by atoms with Gasteiger partial charge in [0.2, 0.25) is 5.91 Å². The summed E-state index contributed by atoms with van der Waals surface area (Å²) in [5, 5.41) is 7.43. The standard InChI is InChI=1S/C21H22N4O2/c1-2-10-25-21-19(13-23-25)18(12-20(26)24-21)15-6-5-8-17(11-15)27-14-16-7-3-4-9-22-16/h3-9,11,13,18H,2,10,12,14H2,1H3,(H,24,26). The van der Waals surface area contributed by atoms with E-state index in [2.05, 4.69) is 22.3 Å². The summed E-state index contributed by atoms with van der Waals surface area (Å²) in [6, 6.07) is 13.7. The molecular weight excluding hydrogens is 340 g/mol. The van der Waals surface area contributed by atoms with Crippen LogP contribution in [0.1, 0.15) is 42.5 Å². The van der Waals surface area contributed by atoms with Gasteiger partial charge in [0, 0.05) is 30.6 Å². The van der Waals surface area contributed by atoms with Gasteiger partial charge in [-0.05, 0) is 36.2 Å². The second kappa shape index (κ2) is 7.61. The van der Waals surface area contributed by atoms with Crippen LogP contribution in [0.3, 0.4) is 0 Å². The highest BCUT2D eigenvalue weighted by atomic mass is 16.5. The van der Waals surface area contributed by atoms with Crippen LogP contribution in [-0.4, -0.2) is 20.7 Å². The quantitative estimate of drug-likeness (QED) is 0.725. The zero-order chi connectivity index (χ0) is 18.6. The third-order valence-corrected chi connectivity index (χ3v) is 4.70. The number of benzene rings is 1. The van der Waals surface area contributed by atoms with Crippen LogP contribution < -0.4 is 10.1 Å². The van der Waals surface area contributed by atoms with Crippen LogP contribution in [0.5, 0.6) is 5.75 Å². The Hall–Kier alpha value is -3.15. The summed E-state index contributed by atoms with van der Waals surface area (Å²) in [6.45, 7) is 3.29. The maximum absolute atomic E-state index is 12.3. The van der Waals surface area contributed by atoms with Crippen LogP contribution in [0.2, 0.25) is 0 Å². The third kappa shape index (κ3) is 3.69. The largest absolute Gasteiger partial charge is 0.487 e. The summed E-state index contributed by atoms with van der Waals surface area (Å²) in [5.74, 6) is 1.59. The highest BCUT2D eigenvalue weighted by Gasteiger charge is 2.30. The van der Waals surface area contributed by atoms with Crippen molar-refractivity contribution in [2.45, 2.75) is 38.8 Å². The molecule has 4 rings (SSSR count). The third-order valence-electron chi connectivity index (χ3n) is 4.70. The van der Waals surface area contributed by atoms with Gasteiger partial charge in [0.05, 0.1) is 11.9 Å². The minimum Gasteiger partial charge on any atom is -0.487 e. The van der Waals surface area contributed by atoms with Gasteiger partial charge in [0.25, 0.3) is 0 Å². The van der Waals surface area contributed by atoms with E-state index in [0.717, 1.165) is 41.4 Å². The summed E-state index contributed by atoms with van der Waals surface area (Å²) in [6.07, 6.45) is 5.00. The molecule has 1 unspecified atom stereocenters. The first-order chi connectivity index (χ1) is 13.2. The van der Waals surface area contributed by atoms with E-state index in [1.165, 1.54) is 0 Å². The Morgan fingerprint density at radius 2 is 2.19 bits per heavy atom. The van der Waals surface area contributed by atoms with Crippen LogP contribution >= 0.6 is 0 Å². The number of anilines is 1. The number of amides is 1. The predicted octanol–water partition coefficient (Wildman–Crippen LogP) is 3.74. The molecule has 0 bridgehead atoms. The van der Waals surface area contributed by atoms with Crippen molar-refractivity contribution in [3.05, 3.63) is 71.7 Å². The lowest BCUT2D eigenvalue weighted by molar-refractivity contribution is -0.116. The molecule has 2 aromatic heterocycles. The number of rotatable bonds is 6. The van der Waals surface area contributed by atoms with Crippen molar-refractivity contribution >= 4 is 11.7 Å². The normalized spacial score (nSPS) is 15.9. The Kier molecular flexibility index (Phi) is 4.87. The van der Waals surface area contributed by atoms with Crippen LogP contribution in [0.15, 0.2) is 54.9 Å². The van der Waals surface area contributed by atoms with E-state index in [-0.39, 0.29) is 11.8 Å². The van der Waals surface area contributed by atoms with E-state index in [1.54, 1.807) is 6.20 Å². The van der Waals surface area contributed by atoms with Crippen LogP contribution in [0, 0.1) is 0 Å². The molecule has 0 radical (unpaired) electrons. The number of hydrogen-bond acceptors (Lipinski definition) is 4. The van der Waals surface area contributed by atoms with Crippen LogP contribution in [-0.2, 0) is 17.9 Å². The SMILES string of the molecule is CCCn1ncc2c1NC(=O)CC2c1cccc(OCc2ccccn2)c1. The fourth-order valence-corrected chi connectivity index (χ4v) is 3.41. The van der Waals surface area contributed by atoms with Crippen molar-refractivity contribution < 1.29 is 9.53 Å². The summed E-state index contributed by atoms with van der Waals surface area (Å²) in [7, 11) is 0. The molecule has 0 saturated carbocycles. The molecule has 1 aromatic carbocycles.